The molecule has 3 rings (SSSR count). The Hall–Kier alpha value is -2.89. The van der Waals surface area contributed by atoms with Crippen LogP contribution in [0.25, 0.3) is 0 Å². The molecule has 1 aromatic heterocycles. The van der Waals surface area contributed by atoms with Gasteiger partial charge in [-0.05, 0) is 35.7 Å². The molecule has 2 aromatic rings. The summed E-state index contributed by atoms with van der Waals surface area (Å²) in [7, 11) is 0. The van der Waals surface area contributed by atoms with E-state index in [9.17, 15) is 9.59 Å². The van der Waals surface area contributed by atoms with E-state index in [2.05, 4.69) is 10.3 Å². The largest absolute Gasteiger partial charge is 0.397 e. The fourth-order valence-electron chi connectivity index (χ4n) is 2.94. The molecule has 0 spiro atoms. The van der Waals surface area contributed by atoms with Crippen LogP contribution in [0, 0.1) is 0 Å². The van der Waals surface area contributed by atoms with Crippen molar-refractivity contribution in [2.24, 2.45) is 0 Å². The number of nitrogens with one attached hydrogen (secondary N) is 1. The highest BCUT2D eigenvalue weighted by Crippen LogP contribution is 2.26. The second-order valence-corrected chi connectivity index (χ2v) is 5.95. The van der Waals surface area contributed by atoms with Gasteiger partial charge < -0.3 is 16.0 Å². The topological polar surface area (TPSA) is 88.3 Å². The molecule has 0 saturated carbocycles. The van der Waals surface area contributed by atoms with Gasteiger partial charge in [0.05, 0.1) is 18.3 Å². The Morgan fingerprint density at radius 3 is 2.83 bits per heavy atom. The predicted molar refractivity (Wildman–Crippen MR) is 92.2 cm³/mol. The standard InChI is InChI=1S/C18H20N4O2/c1-12(23)21-17-4-2-3-13-11-22(8-7-16(13)17)18(24)9-15-6-5-14(19)10-20-15/h2-6,10H,7-9,11,19H2,1H3,(H,21,23). The molecular weight excluding hydrogens is 304 g/mol. The first-order valence-electron chi connectivity index (χ1n) is 7.89. The number of nitrogens with zero attached hydrogens (tertiary/aromatic N) is 2. The van der Waals surface area contributed by atoms with Gasteiger partial charge in [-0.25, -0.2) is 0 Å². The number of benzene rings is 1. The lowest BCUT2D eigenvalue weighted by atomic mass is 9.97. The zero-order valence-corrected chi connectivity index (χ0v) is 13.6. The molecule has 0 radical (unpaired) electrons. The van der Waals surface area contributed by atoms with Crippen LogP contribution in [-0.4, -0.2) is 28.2 Å². The van der Waals surface area contributed by atoms with Crippen molar-refractivity contribution in [3.63, 3.8) is 0 Å². The van der Waals surface area contributed by atoms with Crippen LogP contribution in [0.15, 0.2) is 36.5 Å². The van der Waals surface area contributed by atoms with Gasteiger partial charge in [0.15, 0.2) is 0 Å². The van der Waals surface area contributed by atoms with Crippen LogP contribution in [-0.2, 0) is 29.0 Å². The normalized spacial score (nSPS) is 13.3. The summed E-state index contributed by atoms with van der Waals surface area (Å²) in [5, 5.41) is 2.86. The third-order valence-corrected chi connectivity index (χ3v) is 4.11. The maximum absolute atomic E-state index is 12.5. The Balaban J connectivity index is 1.71. The molecule has 1 aromatic carbocycles. The van der Waals surface area contributed by atoms with Crippen molar-refractivity contribution >= 4 is 23.2 Å². The van der Waals surface area contributed by atoms with E-state index in [4.69, 9.17) is 5.73 Å². The molecule has 0 aliphatic carbocycles. The summed E-state index contributed by atoms with van der Waals surface area (Å²) >= 11 is 0. The number of amides is 2. The summed E-state index contributed by atoms with van der Waals surface area (Å²) in [4.78, 5) is 29.8. The van der Waals surface area contributed by atoms with Gasteiger partial charge >= 0.3 is 0 Å². The SMILES string of the molecule is CC(=O)Nc1cccc2c1CCN(C(=O)Cc1ccc(N)cn1)C2. The first kappa shape index (κ1) is 16.0. The number of pyridine rings is 1. The van der Waals surface area contributed by atoms with E-state index in [1.807, 2.05) is 23.1 Å². The van der Waals surface area contributed by atoms with E-state index in [1.54, 1.807) is 18.3 Å². The smallest absolute Gasteiger partial charge is 0.228 e. The highest BCUT2D eigenvalue weighted by molar-refractivity contribution is 5.90. The number of hydrogen-bond donors (Lipinski definition) is 2. The fraction of sp³-hybridized carbons (Fsp3) is 0.278. The maximum atomic E-state index is 12.5. The van der Waals surface area contributed by atoms with Gasteiger partial charge in [0, 0.05) is 31.4 Å². The van der Waals surface area contributed by atoms with Crippen molar-refractivity contribution in [2.45, 2.75) is 26.3 Å². The highest BCUT2D eigenvalue weighted by atomic mass is 16.2. The van der Waals surface area contributed by atoms with Crippen LogP contribution in [0.3, 0.4) is 0 Å². The predicted octanol–water partition coefficient (Wildman–Crippen LogP) is 1.75. The molecule has 6 heteroatoms. The molecule has 0 fully saturated rings. The second-order valence-electron chi connectivity index (χ2n) is 5.95. The molecule has 2 heterocycles. The van der Waals surface area contributed by atoms with Gasteiger partial charge in [-0.3, -0.25) is 14.6 Å². The van der Waals surface area contributed by atoms with Gasteiger partial charge in [-0.1, -0.05) is 12.1 Å². The number of fused-ring (bicyclic) bond motifs is 1. The van der Waals surface area contributed by atoms with Gasteiger partial charge in [-0.15, -0.1) is 0 Å². The molecule has 1 aliphatic rings. The summed E-state index contributed by atoms with van der Waals surface area (Å²) in [5.74, 6) is -0.0424. The molecule has 124 valence electrons. The van der Waals surface area contributed by atoms with Crippen LogP contribution in [0.1, 0.15) is 23.7 Å². The summed E-state index contributed by atoms with van der Waals surface area (Å²) in [6.45, 7) is 2.69. The first-order valence-corrected chi connectivity index (χ1v) is 7.89. The Labute approximate surface area is 140 Å². The van der Waals surface area contributed by atoms with Gasteiger partial charge in [0.25, 0.3) is 0 Å². The Morgan fingerprint density at radius 2 is 2.12 bits per heavy atom. The third-order valence-electron chi connectivity index (χ3n) is 4.11. The molecule has 2 amide bonds. The molecule has 3 N–H and O–H groups in total. The van der Waals surface area contributed by atoms with Crippen LogP contribution >= 0.6 is 0 Å². The average molecular weight is 324 g/mol. The molecular formula is C18H20N4O2. The first-order chi connectivity index (χ1) is 11.5. The molecule has 6 nitrogen and oxygen atoms in total. The van der Waals surface area contributed by atoms with Crippen LogP contribution in [0.4, 0.5) is 11.4 Å². The number of nitrogen functional groups attached to an aromatic ring is 1. The highest BCUT2D eigenvalue weighted by Gasteiger charge is 2.23. The molecule has 1 aliphatic heterocycles. The Kier molecular flexibility index (Phi) is 4.46. The van der Waals surface area contributed by atoms with Crippen LogP contribution in [0.5, 0.6) is 0 Å². The molecule has 0 saturated heterocycles. The molecule has 0 unspecified atom stereocenters. The van der Waals surface area contributed by atoms with Gasteiger partial charge in [0.1, 0.15) is 0 Å². The third kappa shape index (κ3) is 3.53. The van der Waals surface area contributed by atoms with Crippen molar-refractivity contribution < 1.29 is 9.59 Å². The van der Waals surface area contributed by atoms with E-state index >= 15 is 0 Å². The minimum atomic E-state index is -0.0867. The fourth-order valence-corrected chi connectivity index (χ4v) is 2.94. The van der Waals surface area contributed by atoms with E-state index < -0.39 is 0 Å². The minimum Gasteiger partial charge on any atom is -0.397 e. The van der Waals surface area contributed by atoms with Crippen LogP contribution < -0.4 is 11.1 Å². The minimum absolute atomic E-state index is 0.0443. The lowest BCUT2D eigenvalue weighted by Gasteiger charge is -2.30. The summed E-state index contributed by atoms with van der Waals surface area (Å²) in [6.07, 6.45) is 2.56. The van der Waals surface area contributed by atoms with Crippen molar-refractivity contribution in [1.82, 2.24) is 9.88 Å². The summed E-state index contributed by atoms with van der Waals surface area (Å²) < 4.78 is 0. The molecule has 24 heavy (non-hydrogen) atoms. The second kappa shape index (κ2) is 6.70. The van der Waals surface area contributed by atoms with Crippen LogP contribution in [0.2, 0.25) is 0 Å². The number of anilines is 2. The maximum Gasteiger partial charge on any atom is 0.228 e. The summed E-state index contributed by atoms with van der Waals surface area (Å²) in [6, 6.07) is 9.33. The van der Waals surface area contributed by atoms with Crippen molar-refractivity contribution in [3.05, 3.63) is 53.3 Å². The zero-order valence-electron chi connectivity index (χ0n) is 13.6. The number of hydrogen-bond acceptors (Lipinski definition) is 4. The summed E-state index contributed by atoms with van der Waals surface area (Å²) in [5.41, 5.74) is 9.94. The van der Waals surface area contributed by atoms with Crippen molar-refractivity contribution in [1.29, 1.82) is 0 Å². The van der Waals surface area contributed by atoms with E-state index in [-0.39, 0.29) is 18.2 Å². The average Bonchev–Trinajstić information content (AvgIpc) is 2.56. The van der Waals surface area contributed by atoms with Crippen molar-refractivity contribution in [3.8, 4) is 0 Å². The Morgan fingerprint density at radius 1 is 1.29 bits per heavy atom. The monoisotopic (exact) mass is 324 g/mol. The van der Waals surface area contributed by atoms with E-state index in [0.29, 0.717) is 24.5 Å². The molecule has 0 atom stereocenters. The number of rotatable bonds is 3. The Bertz CT molecular complexity index is 771. The number of aromatic nitrogens is 1. The van der Waals surface area contributed by atoms with E-state index in [0.717, 1.165) is 23.2 Å². The van der Waals surface area contributed by atoms with Gasteiger partial charge in [0.2, 0.25) is 11.8 Å². The lowest BCUT2D eigenvalue weighted by Crippen LogP contribution is -2.37. The quantitative estimate of drug-likeness (QED) is 0.900. The number of nitrogens with two attached hydrogens (primary N) is 1. The number of carbonyl (C=O) groups is 2. The van der Waals surface area contributed by atoms with Gasteiger partial charge in [-0.2, -0.15) is 0 Å². The van der Waals surface area contributed by atoms with E-state index in [1.165, 1.54) is 6.92 Å². The van der Waals surface area contributed by atoms with Crippen molar-refractivity contribution in [2.75, 3.05) is 17.6 Å². The molecule has 0 bridgehead atoms. The lowest BCUT2D eigenvalue weighted by molar-refractivity contribution is -0.131. The number of carbonyl (C=O) groups excluding carboxylic acids is 2. The zero-order chi connectivity index (χ0) is 17.1.